The van der Waals surface area contributed by atoms with Crippen molar-refractivity contribution in [2.24, 2.45) is 0 Å². The first-order chi connectivity index (χ1) is 13.2. The molecular formula is C22H16N2O3. The second-order valence-electron chi connectivity index (χ2n) is 5.94. The van der Waals surface area contributed by atoms with Crippen LogP contribution in [0.5, 0.6) is 0 Å². The van der Waals surface area contributed by atoms with Crippen LogP contribution in [-0.2, 0) is 0 Å². The van der Waals surface area contributed by atoms with Gasteiger partial charge in [-0.2, -0.15) is 0 Å². The number of rotatable bonds is 3. The first-order valence-electron chi connectivity index (χ1n) is 8.47. The minimum Gasteiger partial charge on any atom is -0.327 e. The van der Waals surface area contributed by atoms with Crippen molar-refractivity contribution in [1.29, 1.82) is 0 Å². The molecule has 0 atom stereocenters. The van der Waals surface area contributed by atoms with Gasteiger partial charge in [0.25, 0.3) is 0 Å². The summed E-state index contributed by atoms with van der Waals surface area (Å²) in [6.45, 7) is 0. The lowest BCUT2D eigenvalue weighted by atomic mass is 10.0. The number of para-hydroxylation sites is 1. The number of carbonyl (C=O) groups is 1. The van der Waals surface area contributed by atoms with Crippen molar-refractivity contribution in [3.05, 3.63) is 101 Å². The van der Waals surface area contributed by atoms with Crippen LogP contribution in [0.1, 0.15) is 0 Å². The molecule has 0 spiro atoms. The SMILES string of the molecule is O=C(Nc1ccccc1-c1ccccc1)n1oc(=O)cc1-c1ccccc1. The van der Waals surface area contributed by atoms with Gasteiger partial charge in [-0.1, -0.05) is 78.9 Å². The second kappa shape index (κ2) is 7.17. The van der Waals surface area contributed by atoms with Gasteiger partial charge in [-0.25, -0.2) is 9.59 Å². The molecule has 0 radical (unpaired) electrons. The zero-order valence-electron chi connectivity index (χ0n) is 14.3. The lowest BCUT2D eigenvalue weighted by Crippen LogP contribution is -2.20. The van der Waals surface area contributed by atoms with E-state index in [4.69, 9.17) is 4.52 Å². The van der Waals surface area contributed by atoms with Crippen molar-refractivity contribution >= 4 is 11.7 Å². The smallest absolute Gasteiger partial charge is 0.327 e. The van der Waals surface area contributed by atoms with Crippen LogP contribution in [0.2, 0.25) is 0 Å². The number of nitrogens with one attached hydrogen (secondary N) is 1. The number of hydrogen-bond donors (Lipinski definition) is 1. The molecule has 27 heavy (non-hydrogen) atoms. The normalized spacial score (nSPS) is 10.5. The van der Waals surface area contributed by atoms with E-state index in [2.05, 4.69) is 5.32 Å². The van der Waals surface area contributed by atoms with E-state index in [0.717, 1.165) is 21.4 Å². The van der Waals surface area contributed by atoms with Crippen LogP contribution in [-0.4, -0.2) is 10.8 Å². The van der Waals surface area contributed by atoms with E-state index in [1.165, 1.54) is 6.07 Å². The van der Waals surface area contributed by atoms with Gasteiger partial charge in [0.1, 0.15) is 5.69 Å². The molecule has 3 aromatic carbocycles. The van der Waals surface area contributed by atoms with E-state index < -0.39 is 11.7 Å². The highest BCUT2D eigenvalue weighted by Crippen LogP contribution is 2.28. The van der Waals surface area contributed by atoms with Crippen molar-refractivity contribution in [1.82, 2.24) is 4.74 Å². The topological polar surface area (TPSA) is 64.2 Å². The maximum Gasteiger partial charge on any atom is 0.360 e. The molecular weight excluding hydrogens is 340 g/mol. The monoisotopic (exact) mass is 356 g/mol. The Morgan fingerprint density at radius 1 is 0.778 bits per heavy atom. The van der Waals surface area contributed by atoms with Crippen LogP contribution in [0.3, 0.4) is 0 Å². The summed E-state index contributed by atoms with van der Waals surface area (Å²) in [5.74, 6) is 0. The summed E-state index contributed by atoms with van der Waals surface area (Å²) in [7, 11) is 0. The Bertz CT molecular complexity index is 1130. The van der Waals surface area contributed by atoms with Crippen molar-refractivity contribution < 1.29 is 9.32 Å². The molecule has 0 unspecified atom stereocenters. The van der Waals surface area contributed by atoms with Crippen LogP contribution < -0.4 is 10.9 Å². The van der Waals surface area contributed by atoms with Gasteiger partial charge < -0.3 is 9.84 Å². The van der Waals surface area contributed by atoms with Gasteiger partial charge >= 0.3 is 11.7 Å². The van der Waals surface area contributed by atoms with Gasteiger partial charge in [0.15, 0.2) is 0 Å². The van der Waals surface area contributed by atoms with E-state index in [9.17, 15) is 9.59 Å². The predicted molar refractivity (Wildman–Crippen MR) is 105 cm³/mol. The summed E-state index contributed by atoms with van der Waals surface area (Å²) in [4.78, 5) is 24.6. The van der Waals surface area contributed by atoms with Crippen molar-refractivity contribution in [2.45, 2.75) is 0 Å². The van der Waals surface area contributed by atoms with E-state index >= 15 is 0 Å². The number of benzene rings is 3. The van der Waals surface area contributed by atoms with Crippen molar-refractivity contribution in [3.8, 4) is 22.4 Å². The molecule has 0 saturated carbocycles. The van der Waals surface area contributed by atoms with Gasteiger partial charge in [0.2, 0.25) is 0 Å². The summed E-state index contributed by atoms with van der Waals surface area (Å²) in [6.07, 6.45) is 0. The maximum atomic E-state index is 12.8. The Balaban J connectivity index is 1.70. The Morgan fingerprint density at radius 3 is 2.07 bits per heavy atom. The lowest BCUT2D eigenvalue weighted by molar-refractivity contribution is 0.220. The van der Waals surface area contributed by atoms with Crippen LogP contribution in [0, 0.1) is 0 Å². The molecule has 1 amide bonds. The summed E-state index contributed by atoms with van der Waals surface area (Å²) in [6, 6.07) is 27.1. The number of carbonyl (C=O) groups excluding carboxylic acids is 1. The third kappa shape index (κ3) is 3.43. The number of aromatic nitrogens is 1. The molecule has 0 fully saturated rings. The molecule has 4 rings (SSSR count). The van der Waals surface area contributed by atoms with Crippen LogP contribution in [0.15, 0.2) is 100 Å². The van der Waals surface area contributed by atoms with E-state index in [1.807, 2.05) is 84.9 Å². The summed E-state index contributed by atoms with van der Waals surface area (Å²) in [5, 5.41) is 2.84. The first-order valence-corrected chi connectivity index (χ1v) is 8.47. The number of anilines is 1. The number of amides is 1. The summed E-state index contributed by atoms with van der Waals surface area (Å²) in [5.41, 5.74) is 3.02. The van der Waals surface area contributed by atoms with Gasteiger partial charge in [-0.15, -0.1) is 4.74 Å². The highest BCUT2D eigenvalue weighted by molar-refractivity contribution is 5.96. The second-order valence-corrected chi connectivity index (χ2v) is 5.94. The number of hydrogen-bond acceptors (Lipinski definition) is 3. The minimum atomic E-state index is -0.583. The first kappa shape index (κ1) is 16.6. The molecule has 1 N–H and O–H groups in total. The zero-order chi connectivity index (χ0) is 18.6. The molecule has 0 saturated heterocycles. The van der Waals surface area contributed by atoms with Gasteiger partial charge in [-0.3, -0.25) is 0 Å². The standard InChI is InChI=1S/C22H16N2O3/c25-21-15-20(17-11-5-2-6-12-17)24(27-21)22(26)23-19-14-8-7-13-18(19)16-9-3-1-4-10-16/h1-15H,(H,23,26). The van der Waals surface area contributed by atoms with E-state index in [-0.39, 0.29) is 0 Å². The lowest BCUT2D eigenvalue weighted by Gasteiger charge is -2.12. The molecule has 4 aromatic rings. The van der Waals surface area contributed by atoms with Crippen molar-refractivity contribution in [3.63, 3.8) is 0 Å². The maximum absolute atomic E-state index is 12.8. The van der Waals surface area contributed by atoms with Gasteiger partial charge in [0, 0.05) is 11.1 Å². The number of nitrogens with zero attached hydrogens (tertiary/aromatic N) is 1. The van der Waals surface area contributed by atoms with Crippen LogP contribution >= 0.6 is 0 Å². The Hall–Kier alpha value is -3.86. The Morgan fingerprint density at radius 2 is 1.37 bits per heavy atom. The molecule has 0 aliphatic carbocycles. The van der Waals surface area contributed by atoms with Gasteiger partial charge in [0.05, 0.1) is 11.8 Å². The molecule has 5 heteroatoms. The van der Waals surface area contributed by atoms with E-state index in [1.54, 1.807) is 0 Å². The fourth-order valence-electron chi connectivity index (χ4n) is 2.92. The Labute approximate surface area is 155 Å². The highest BCUT2D eigenvalue weighted by Gasteiger charge is 2.17. The molecule has 5 nitrogen and oxygen atoms in total. The average Bonchev–Trinajstić information content (AvgIpc) is 3.12. The fourth-order valence-corrected chi connectivity index (χ4v) is 2.92. The third-order valence-electron chi connectivity index (χ3n) is 4.16. The third-order valence-corrected chi connectivity index (χ3v) is 4.16. The van der Waals surface area contributed by atoms with E-state index in [0.29, 0.717) is 11.4 Å². The predicted octanol–water partition coefficient (Wildman–Crippen LogP) is 4.86. The largest absolute Gasteiger partial charge is 0.360 e. The zero-order valence-corrected chi connectivity index (χ0v) is 14.3. The molecule has 132 valence electrons. The molecule has 1 aromatic heterocycles. The molecule has 1 heterocycles. The quantitative estimate of drug-likeness (QED) is 0.570. The van der Waals surface area contributed by atoms with Crippen LogP contribution in [0.4, 0.5) is 10.5 Å². The van der Waals surface area contributed by atoms with Crippen LogP contribution in [0.25, 0.3) is 22.4 Å². The summed E-state index contributed by atoms with van der Waals surface area (Å²) < 4.78 is 6.08. The molecule has 0 bridgehead atoms. The minimum absolute atomic E-state index is 0.398. The average molecular weight is 356 g/mol. The fraction of sp³-hybridized carbons (Fsp3) is 0. The summed E-state index contributed by atoms with van der Waals surface area (Å²) >= 11 is 0. The highest BCUT2D eigenvalue weighted by atomic mass is 16.5. The Kier molecular flexibility index (Phi) is 4.41. The molecule has 0 aliphatic heterocycles. The van der Waals surface area contributed by atoms with Crippen molar-refractivity contribution in [2.75, 3.05) is 5.32 Å². The molecule has 0 aliphatic rings. The van der Waals surface area contributed by atoms with Gasteiger partial charge in [-0.05, 0) is 11.6 Å².